The second-order valence-corrected chi connectivity index (χ2v) is 27.3. The van der Waals surface area contributed by atoms with Gasteiger partial charge in [-0.05, 0) is 183 Å². The van der Waals surface area contributed by atoms with Crippen molar-refractivity contribution in [3.63, 3.8) is 0 Å². The monoisotopic (exact) mass is 1220 g/mol. The van der Waals surface area contributed by atoms with Gasteiger partial charge in [0.15, 0.2) is 0 Å². The molecule has 9 heterocycles. The highest BCUT2D eigenvalue weighted by Gasteiger charge is 2.53. The van der Waals surface area contributed by atoms with Crippen molar-refractivity contribution < 1.29 is 24.6 Å². The molecule has 0 bridgehead atoms. The molecular formula is C75H111N9O5. The third-order valence-corrected chi connectivity index (χ3v) is 17.4. The molecule has 0 spiro atoms. The van der Waals surface area contributed by atoms with E-state index in [-0.39, 0.29) is 37.2 Å². The molecule has 0 aromatic carbocycles. The molecule has 10 rings (SSSR count). The Morgan fingerprint density at radius 1 is 0.528 bits per heavy atom. The molecule has 14 nitrogen and oxygen atoms in total. The van der Waals surface area contributed by atoms with Gasteiger partial charge in [-0.1, -0.05) is 124 Å². The number of carbonyl (C=O) groups excluding carboxylic acids is 3. The summed E-state index contributed by atoms with van der Waals surface area (Å²) in [6, 6.07) is 21.5. The fourth-order valence-corrected chi connectivity index (χ4v) is 10.8. The average Bonchev–Trinajstić information content (AvgIpc) is 2.54. The maximum absolute atomic E-state index is 12.4. The van der Waals surface area contributed by atoms with Crippen LogP contribution in [-0.2, 0) is 6.42 Å². The van der Waals surface area contributed by atoms with Crippen LogP contribution in [-0.4, -0.2) is 125 Å². The minimum absolute atomic E-state index is 0. The van der Waals surface area contributed by atoms with E-state index in [0.717, 1.165) is 102 Å². The number of pyridine rings is 6. The summed E-state index contributed by atoms with van der Waals surface area (Å²) in [4.78, 5) is 68.6. The van der Waals surface area contributed by atoms with Gasteiger partial charge in [-0.2, -0.15) is 0 Å². The molecule has 89 heavy (non-hydrogen) atoms. The van der Waals surface area contributed by atoms with E-state index in [0.29, 0.717) is 60.1 Å². The van der Waals surface area contributed by atoms with Crippen LogP contribution in [0, 0.1) is 56.8 Å². The Balaban J connectivity index is 0.000000231. The molecular weight excluding hydrogens is 1110 g/mol. The molecule has 3 saturated heterocycles. The number of piperidine rings is 1. The number of aryl methyl sites for hydroxylation is 4. The molecule has 3 unspecified atom stereocenters. The highest BCUT2D eigenvalue weighted by Crippen LogP contribution is 2.51. The number of aromatic nitrogens is 6. The van der Waals surface area contributed by atoms with Crippen molar-refractivity contribution in [1.82, 2.24) is 44.6 Å². The zero-order valence-corrected chi connectivity index (χ0v) is 57.1. The number of likely N-dealkylation sites (tertiary alicyclic amines) is 3. The first-order valence-electron chi connectivity index (χ1n) is 32.3. The van der Waals surface area contributed by atoms with Gasteiger partial charge in [0.2, 0.25) is 0 Å². The van der Waals surface area contributed by atoms with Crippen molar-refractivity contribution in [2.75, 3.05) is 45.9 Å². The summed E-state index contributed by atoms with van der Waals surface area (Å²) < 4.78 is 0. The lowest BCUT2D eigenvalue weighted by atomic mass is 9.90. The number of aliphatic hydroxyl groups excluding tert-OH is 2. The minimum Gasteiger partial charge on any atom is -0.396 e. The van der Waals surface area contributed by atoms with Crippen molar-refractivity contribution in [2.45, 2.75) is 200 Å². The number of fused-ring (bicyclic) bond motifs is 1. The average molecular weight is 1220 g/mol. The first kappa shape index (κ1) is 74.7. The highest BCUT2D eigenvalue weighted by molar-refractivity contribution is 5.95. The Hall–Kier alpha value is -6.77. The lowest BCUT2D eigenvalue weighted by molar-refractivity contribution is 0.0494. The van der Waals surface area contributed by atoms with E-state index in [1.54, 1.807) is 35.8 Å². The minimum atomic E-state index is -0.456. The molecule has 3 aliphatic heterocycles. The molecule has 1 aliphatic carbocycles. The number of hydrogen-bond acceptors (Lipinski definition) is 11. The number of aliphatic hydroxyl groups is 2. The van der Waals surface area contributed by atoms with Crippen molar-refractivity contribution in [3.05, 3.63) is 177 Å². The maximum Gasteiger partial charge on any atom is 0.254 e. The normalized spacial score (nSPS) is 17.8. The number of amides is 3. The van der Waals surface area contributed by atoms with E-state index in [2.05, 4.69) is 172 Å². The van der Waals surface area contributed by atoms with Crippen molar-refractivity contribution in [3.8, 4) is 0 Å². The van der Waals surface area contributed by atoms with Crippen LogP contribution in [0.5, 0.6) is 0 Å². The van der Waals surface area contributed by atoms with Gasteiger partial charge < -0.3 is 24.9 Å². The van der Waals surface area contributed by atoms with E-state index < -0.39 is 6.10 Å². The molecule has 3 atom stereocenters. The summed E-state index contributed by atoms with van der Waals surface area (Å²) in [6.45, 7) is 47.1. The first-order chi connectivity index (χ1) is 41.5. The van der Waals surface area contributed by atoms with Crippen molar-refractivity contribution in [1.29, 1.82) is 0 Å². The number of nitrogens with zero attached hydrogens (tertiary/aromatic N) is 9. The topological polar surface area (TPSA) is 179 Å². The van der Waals surface area contributed by atoms with Crippen LogP contribution in [0.4, 0.5) is 0 Å². The van der Waals surface area contributed by atoms with E-state index >= 15 is 0 Å². The van der Waals surface area contributed by atoms with Gasteiger partial charge in [-0.3, -0.25) is 44.3 Å². The molecule has 6 aromatic rings. The number of β-amino-alcohol motifs (C(OH)–C–C–N with tert-alkyl or cyclic N) is 1. The number of rotatable bonds is 12. The number of hydrogen-bond donors (Lipinski definition) is 2. The first-order valence-corrected chi connectivity index (χ1v) is 32.3. The van der Waals surface area contributed by atoms with Crippen molar-refractivity contribution in [2.24, 2.45) is 29.1 Å². The molecule has 4 fully saturated rings. The summed E-state index contributed by atoms with van der Waals surface area (Å²) in [5, 5.41) is 18.7. The lowest BCUT2D eigenvalue weighted by Crippen LogP contribution is -2.49. The SMILES string of the molecule is C.CC(C)c1cc(C(=O)N2CC(O)C(C)(C)C2)ccn1.CC(C)c1cc(C(=O)N2CC3C(C)C3C2)ccn1.CC(C)c1cc(CCO)ccn1.CCC1CN(C(=O)c2ccnc(C(C)C)c2)C1.Cc1ccc(C)c(C(C)C)n1.Cc1cnc(C(C)C)cc1C. The fraction of sp³-hybridized carbons (Fsp3) is 0.560. The van der Waals surface area contributed by atoms with Gasteiger partial charge in [0.1, 0.15) is 0 Å². The van der Waals surface area contributed by atoms with Gasteiger partial charge in [0, 0.05) is 139 Å². The van der Waals surface area contributed by atoms with Crippen LogP contribution < -0.4 is 0 Å². The molecule has 14 heteroatoms. The van der Waals surface area contributed by atoms with Crippen LogP contribution >= 0.6 is 0 Å². The molecule has 0 radical (unpaired) electrons. The molecule has 3 amide bonds. The summed E-state index contributed by atoms with van der Waals surface area (Å²) in [5.74, 6) is 5.93. The Morgan fingerprint density at radius 2 is 0.944 bits per heavy atom. The Labute approximate surface area is 536 Å². The standard InChI is InChI=1S/C15H22N2O2.C15H20N2O.C14H20N2O.C10H15NO.2C10H15N.CH4/c1-10(2)12-7-11(5-6-16-12)14(19)17-8-13(18)15(3,4)9-17;1-9(2)14-6-11(4-5-16-14)15(18)17-7-12-10(3)13(12)8-17;1-4-11-8-16(9-11)14(17)12-5-6-15-13(7-12)10(2)3;1-8(2)10-7-9(4-6-12)3-5-11-10;1-7(2)10-5-8(3)9(4)6-11-10;1-7(2)10-8(3)5-6-9(4)11-10;/h5-7,10,13,18H,8-9H2,1-4H3;4-6,9-10,12-13H,7-8H2,1-3H3;5-7,10-11H,4,8-9H2,1-3H3;3,5,7-8,12H,4,6H2,1-2H3;2*5-7H,1-4H3;1H4. The van der Waals surface area contributed by atoms with Gasteiger partial charge in [0.05, 0.1) is 6.10 Å². The largest absolute Gasteiger partial charge is 0.396 e. The quantitative estimate of drug-likeness (QED) is 0.119. The highest BCUT2D eigenvalue weighted by atomic mass is 16.3. The van der Waals surface area contributed by atoms with Crippen LogP contribution in [0.1, 0.15) is 253 Å². The Kier molecular flexibility index (Phi) is 28.9. The lowest BCUT2D eigenvalue weighted by Gasteiger charge is -2.38. The predicted molar refractivity (Wildman–Crippen MR) is 364 cm³/mol. The Morgan fingerprint density at radius 3 is 1.33 bits per heavy atom. The molecule has 4 aliphatic rings. The smallest absolute Gasteiger partial charge is 0.254 e. The molecule has 486 valence electrons. The second-order valence-electron chi connectivity index (χ2n) is 27.3. The molecule has 2 N–H and O–H groups in total. The number of carbonyl (C=O) groups is 3. The third kappa shape index (κ3) is 21.7. The van der Waals surface area contributed by atoms with E-state index in [9.17, 15) is 19.5 Å². The summed E-state index contributed by atoms with van der Waals surface area (Å²) in [7, 11) is 0. The predicted octanol–water partition coefficient (Wildman–Crippen LogP) is 15.3. The zero-order valence-electron chi connectivity index (χ0n) is 57.1. The second kappa shape index (κ2) is 34.4. The molecule has 1 saturated carbocycles. The summed E-state index contributed by atoms with van der Waals surface area (Å²) in [6.07, 6.45) is 10.4. The summed E-state index contributed by atoms with van der Waals surface area (Å²) >= 11 is 0. The maximum atomic E-state index is 12.4. The van der Waals surface area contributed by atoms with Gasteiger partial charge in [-0.15, -0.1) is 0 Å². The third-order valence-electron chi connectivity index (χ3n) is 17.4. The van der Waals surface area contributed by atoms with Gasteiger partial charge >= 0.3 is 0 Å². The van der Waals surface area contributed by atoms with Crippen molar-refractivity contribution >= 4 is 17.7 Å². The van der Waals surface area contributed by atoms with Crippen LogP contribution in [0.2, 0.25) is 0 Å². The zero-order chi connectivity index (χ0) is 65.3. The van der Waals surface area contributed by atoms with E-state index in [1.165, 1.54) is 28.1 Å². The Bertz CT molecular complexity index is 3190. The fourth-order valence-electron chi connectivity index (χ4n) is 10.8. The van der Waals surface area contributed by atoms with E-state index in [4.69, 9.17) is 5.11 Å². The van der Waals surface area contributed by atoms with Gasteiger partial charge in [-0.25, -0.2) is 0 Å². The van der Waals surface area contributed by atoms with Gasteiger partial charge in [0.25, 0.3) is 17.7 Å². The van der Waals surface area contributed by atoms with E-state index in [1.807, 2.05) is 73.2 Å². The van der Waals surface area contributed by atoms with Crippen LogP contribution in [0.25, 0.3) is 0 Å². The van der Waals surface area contributed by atoms with Crippen LogP contribution in [0.15, 0.2) is 97.7 Å². The summed E-state index contributed by atoms with van der Waals surface area (Å²) in [5.41, 5.74) is 14.6. The van der Waals surface area contributed by atoms with Crippen LogP contribution in [0.3, 0.4) is 0 Å². The molecule has 6 aromatic heterocycles.